The minimum atomic E-state index is -4.30. The van der Waals surface area contributed by atoms with Gasteiger partial charge in [0.15, 0.2) is 0 Å². The van der Waals surface area contributed by atoms with Crippen molar-refractivity contribution in [1.29, 1.82) is 0 Å². The Morgan fingerprint density at radius 1 is 1.27 bits per heavy atom. The van der Waals surface area contributed by atoms with Crippen molar-refractivity contribution in [2.24, 2.45) is 11.8 Å². The van der Waals surface area contributed by atoms with Gasteiger partial charge in [0, 0.05) is 18.4 Å². The second-order valence-corrected chi connectivity index (χ2v) is 6.14. The van der Waals surface area contributed by atoms with Crippen LogP contribution in [0.3, 0.4) is 0 Å². The van der Waals surface area contributed by atoms with Crippen molar-refractivity contribution in [3.05, 3.63) is 12.2 Å². The zero-order chi connectivity index (χ0) is 15.7. The normalized spacial score (nSPS) is 29.0. The Hall–Kier alpha value is -1.60. The molecule has 1 saturated carbocycles. The second kappa shape index (κ2) is 5.89. The highest BCUT2D eigenvalue weighted by molar-refractivity contribution is 5.79. The summed E-state index contributed by atoms with van der Waals surface area (Å²) in [5, 5.41) is 6.85. The Labute approximate surface area is 126 Å². The zero-order valence-corrected chi connectivity index (χ0v) is 12.1. The highest BCUT2D eigenvalue weighted by atomic mass is 19.4. The number of hydrogen-bond acceptors (Lipinski definition) is 3. The molecule has 5 nitrogen and oxygen atoms in total. The average molecular weight is 316 g/mol. The maximum Gasteiger partial charge on any atom is 0.392 e. The Morgan fingerprint density at radius 2 is 2.05 bits per heavy atom. The van der Waals surface area contributed by atoms with Crippen molar-refractivity contribution in [2.75, 3.05) is 0 Å². The predicted octanol–water partition coefficient (Wildman–Crippen LogP) is 2.08. The predicted molar refractivity (Wildman–Crippen MR) is 71.8 cm³/mol. The Morgan fingerprint density at radius 3 is 2.82 bits per heavy atom. The van der Waals surface area contributed by atoms with Gasteiger partial charge in [-0.15, -0.1) is 0 Å². The van der Waals surface area contributed by atoms with Gasteiger partial charge in [-0.2, -0.15) is 18.3 Å². The first-order chi connectivity index (χ1) is 10.4. The Bertz CT molecular complexity index is 542. The molecule has 1 N–H and O–H groups in total. The largest absolute Gasteiger partial charge is 0.392 e. The molecule has 8 heteroatoms. The lowest BCUT2D eigenvalue weighted by Gasteiger charge is -2.33. The summed E-state index contributed by atoms with van der Waals surface area (Å²) in [4.78, 5) is 16.4. The number of alkyl halides is 3. The number of hydrogen-bond donors (Lipinski definition) is 1. The third-order valence-electron chi connectivity index (χ3n) is 4.68. The maximum absolute atomic E-state index is 13.1. The van der Waals surface area contributed by atoms with Gasteiger partial charge in [-0.3, -0.25) is 4.79 Å². The fourth-order valence-electron chi connectivity index (χ4n) is 3.50. The molecule has 1 aliphatic carbocycles. The molecular formula is C14H19F3N4O. The van der Waals surface area contributed by atoms with E-state index in [0.29, 0.717) is 38.6 Å². The van der Waals surface area contributed by atoms with E-state index in [1.807, 2.05) is 0 Å². The third kappa shape index (κ3) is 3.10. The van der Waals surface area contributed by atoms with Gasteiger partial charge in [0.05, 0.1) is 12.5 Å². The lowest BCUT2D eigenvalue weighted by molar-refractivity contribution is -0.198. The summed E-state index contributed by atoms with van der Waals surface area (Å²) in [6, 6.07) is -0.169. The summed E-state index contributed by atoms with van der Waals surface area (Å²) in [7, 11) is 0. The molecule has 2 heterocycles. The second-order valence-electron chi connectivity index (χ2n) is 6.14. The van der Waals surface area contributed by atoms with Crippen LogP contribution in [-0.4, -0.2) is 32.9 Å². The highest BCUT2D eigenvalue weighted by Gasteiger charge is 2.48. The molecule has 0 bridgehead atoms. The van der Waals surface area contributed by atoms with E-state index in [9.17, 15) is 18.0 Å². The first kappa shape index (κ1) is 15.3. The van der Waals surface area contributed by atoms with E-state index < -0.39 is 23.9 Å². The summed E-state index contributed by atoms with van der Waals surface area (Å²) in [5.74, 6) is -2.07. The number of amides is 1. The van der Waals surface area contributed by atoms with Crippen LogP contribution in [0, 0.1) is 11.8 Å². The SMILES string of the molecule is O=C(N[C@@H]1CCc2ncnn2C1)[C@@H]1CCCC[C@@H]1C(F)(F)F. The molecule has 1 amide bonds. The molecule has 3 rings (SSSR count). The molecule has 3 atom stereocenters. The molecule has 0 saturated heterocycles. The molecular weight excluding hydrogens is 297 g/mol. The van der Waals surface area contributed by atoms with Gasteiger partial charge >= 0.3 is 6.18 Å². The first-order valence-corrected chi connectivity index (χ1v) is 7.69. The van der Waals surface area contributed by atoms with Gasteiger partial charge in [0.1, 0.15) is 12.2 Å². The number of rotatable bonds is 2. The molecule has 122 valence electrons. The van der Waals surface area contributed by atoms with Crippen LogP contribution in [0.1, 0.15) is 37.9 Å². The van der Waals surface area contributed by atoms with Crippen LogP contribution in [0.5, 0.6) is 0 Å². The van der Waals surface area contributed by atoms with Gasteiger partial charge in [0.2, 0.25) is 5.91 Å². The van der Waals surface area contributed by atoms with Crippen molar-refractivity contribution in [3.8, 4) is 0 Å². The molecule has 1 fully saturated rings. The molecule has 1 aliphatic heterocycles. The lowest BCUT2D eigenvalue weighted by atomic mass is 9.78. The molecule has 0 spiro atoms. The quantitative estimate of drug-likeness (QED) is 0.909. The van der Waals surface area contributed by atoms with E-state index in [4.69, 9.17) is 0 Å². The van der Waals surface area contributed by atoms with Crippen LogP contribution in [0.4, 0.5) is 13.2 Å². The van der Waals surface area contributed by atoms with Gasteiger partial charge in [-0.1, -0.05) is 12.8 Å². The first-order valence-electron chi connectivity index (χ1n) is 7.69. The van der Waals surface area contributed by atoms with E-state index in [0.717, 1.165) is 5.82 Å². The molecule has 2 aliphatic rings. The van der Waals surface area contributed by atoms with E-state index >= 15 is 0 Å². The fourth-order valence-corrected chi connectivity index (χ4v) is 3.50. The molecule has 0 radical (unpaired) electrons. The van der Waals surface area contributed by atoms with Crippen LogP contribution >= 0.6 is 0 Å². The van der Waals surface area contributed by atoms with Gasteiger partial charge in [-0.05, 0) is 19.3 Å². The number of fused-ring (bicyclic) bond motifs is 1. The summed E-state index contributed by atoms with van der Waals surface area (Å²) < 4.78 is 41.0. The minimum Gasteiger partial charge on any atom is -0.351 e. The van der Waals surface area contributed by atoms with Crippen molar-refractivity contribution in [2.45, 2.75) is 57.3 Å². The van der Waals surface area contributed by atoms with Crippen molar-refractivity contribution in [3.63, 3.8) is 0 Å². The van der Waals surface area contributed by atoms with Crippen LogP contribution in [0.15, 0.2) is 6.33 Å². The zero-order valence-electron chi connectivity index (χ0n) is 12.1. The van der Waals surface area contributed by atoms with Crippen molar-refractivity contribution >= 4 is 5.91 Å². The number of aryl methyl sites for hydroxylation is 1. The van der Waals surface area contributed by atoms with Gasteiger partial charge in [0.25, 0.3) is 0 Å². The molecule has 1 aromatic heterocycles. The number of halogens is 3. The van der Waals surface area contributed by atoms with Crippen molar-refractivity contribution < 1.29 is 18.0 Å². The van der Waals surface area contributed by atoms with E-state index in [1.165, 1.54) is 6.33 Å². The van der Waals surface area contributed by atoms with Crippen LogP contribution in [0.2, 0.25) is 0 Å². The highest BCUT2D eigenvalue weighted by Crippen LogP contribution is 2.41. The molecule has 22 heavy (non-hydrogen) atoms. The number of nitrogens with one attached hydrogen (secondary N) is 1. The molecule has 0 aromatic carbocycles. The molecule has 0 unspecified atom stereocenters. The number of carbonyl (C=O) groups excluding carboxylic acids is 1. The Balaban J connectivity index is 1.64. The summed E-state index contributed by atoms with van der Waals surface area (Å²) in [6.45, 7) is 0.477. The van der Waals surface area contributed by atoms with E-state index in [-0.39, 0.29) is 12.5 Å². The van der Waals surface area contributed by atoms with Crippen LogP contribution in [-0.2, 0) is 17.8 Å². The monoisotopic (exact) mass is 316 g/mol. The third-order valence-corrected chi connectivity index (χ3v) is 4.68. The minimum absolute atomic E-state index is 0.0550. The van der Waals surface area contributed by atoms with Gasteiger partial charge < -0.3 is 5.32 Å². The van der Waals surface area contributed by atoms with E-state index in [2.05, 4.69) is 15.4 Å². The number of carbonyl (C=O) groups is 1. The topological polar surface area (TPSA) is 59.8 Å². The Kier molecular flexibility index (Phi) is 4.10. The smallest absolute Gasteiger partial charge is 0.351 e. The standard InChI is InChI=1S/C14H19F3N4O/c15-14(16,17)11-4-2-1-3-10(11)13(22)20-9-5-6-12-18-8-19-21(12)7-9/h8-11H,1-7H2,(H,20,22)/t9-,10-,11+/m1/s1. The summed E-state index contributed by atoms with van der Waals surface area (Å²) in [5.41, 5.74) is 0. The van der Waals surface area contributed by atoms with Crippen LogP contribution in [0.25, 0.3) is 0 Å². The number of aromatic nitrogens is 3. The van der Waals surface area contributed by atoms with Crippen LogP contribution < -0.4 is 5.32 Å². The summed E-state index contributed by atoms with van der Waals surface area (Å²) >= 11 is 0. The van der Waals surface area contributed by atoms with E-state index in [1.54, 1.807) is 4.68 Å². The fraction of sp³-hybridized carbons (Fsp3) is 0.786. The average Bonchev–Trinajstić information content (AvgIpc) is 2.94. The van der Waals surface area contributed by atoms with Crippen molar-refractivity contribution in [1.82, 2.24) is 20.1 Å². The summed E-state index contributed by atoms with van der Waals surface area (Å²) in [6.07, 6.45) is 0.125. The van der Waals surface area contributed by atoms with Gasteiger partial charge in [-0.25, -0.2) is 9.67 Å². The maximum atomic E-state index is 13.1. The number of nitrogens with zero attached hydrogens (tertiary/aromatic N) is 3. The lowest BCUT2D eigenvalue weighted by Crippen LogP contribution is -2.48. The molecule has 1 aromatic rings.